The number of nitrogens with zero attached hydrogens (tertiary/aromatic N) is 2. The fraction of sp³-hybridized carbons (Fsp3) is 0.625. The first-order valence-electron chi connectivity index (χ1n) is 7.86. The minimum Gasteiger partial charge on any atom is -0.296 e. The molecule has 0 aliphatic heterocycles. The highest BCUT2D eigenvalue weighted by Gasteiger charge is 2.22. The van der Waals surface area contributed by atoms with E-state index in [2.05, 4.69) is 4.98 Å². The second-order valence-corrected chi connectivity index (χ2v) is 7.22. The zero-order valence-electron chi connectivity index (χ0n) is 11.7. The Labute approximate surface area is 122 Å². The predicted octanol–water partition coefficient (Wildman–Crippen LogP) is 3.84. The molecule has 0 radical (unpaired) electrons. The molecule has 1 saturated carbocycles. The van der Waals surface area contributed by atoms with Gasteiger partial charge in [-0.15, -0.1) is 11.3 Å². The lowest BCUT2D eigenvalue weighted by atomic mass is 9.95. The number of hydrogen-bond acceptors (Lipinski definition) is 3. The van der Waals surface area contributed by atoms with E-state index in [-0.39, 0.29) is 5.56 Å². The first-order chi connectivity index (χ1) is 9.84. The average Bonchev–Trinajstić information content (AvgIpc) is 2.88. The molecule has 0 bridgehead atoms. The van der Waals surface area contributed by atoms with Gasteiger partial charge in [0.05, 0.1) is 11.7 Å². The van der Waals surface area contributed by atoms with Crippen LogP contribution in [-0.2, 0) is 12.8 Å². The summed E-state index contributed by atoms with van der Waals surface area (Å²) in [6, 6.07) is 0.382. The van der Waals surface area contributed by atoms with Gasteiger partial charge in [-0.25, -0.2) is 4.98 Å². The normalized spacial score (nSPS) is 20.2. The van der Waals surface area contributed by atoms with Gasteiger partial charge in [-0.05, 0) is 44.1 Å². The van der Waals surface area contributed by atoms with Crippen molar-refractivity contribution in [3.63, 3.8) is 0 Å². The minimum atomic E-state index is 0.223. The summed E-state index contributed by atoms with van der Waals surface area (Å²) in [4.78, 5) is 19.9. The van der Waals surface area contributed by atoms with Gasteiger partial charge in [0.2, 0.25) is 0 Å². The molecular formula is C16H20N2OS. The molecule has 2 aliphatic rings. The first kappa shape index (κ1) is 12.6. The van der Waals surface area contributed by atoms with Gasteiger partial charge in [0.1, 0.15) is 4.83 Å². The maximum atomic E-state index is 12.9. The molecule has 0 aromatic carbocycles. The minimum absolute atomic E-state index is 0.223. The van der Waals surface area contributed by atoms with E-state index in [0.29, 0.717) is 6.04 Å². The van der Waals surface area contributed by atoms with Crippen LogP contribution in [0.2, 0.25) is 0 Å². The van der Waals surface area contributed by atoms with Crippen molar-refractivity contribution in [2.45, 2.75) is 63.8 Å². The number of fused-ring (bicyclic) bond motifs is 3. The van der Waals surface area contributed by atoms with Crippen LogP contribution in [0.1, 0.15) is 61.4 Å². The summed E-state index contributed by atoms with van der Waals surface area (Å²) < 4.78 is 1.93. The van der Waals surface area contributed by atoms with Crippen LogP contribution in [0.5, 0.6) is 0 Å². The van der Waals surface area contributed by atoms with Crippen LogP contribution in [0, 0.1) is 0 Å². The maximum Gasteiger partial charge on any atom is 0.262 e. The lowest BCUT2D eigenvalue weighted by Crippen LogP contribution is -2.26. The Kier molecular flexibility index (Phi) is 3.14. The molecule has 20 heavy (non-hydrogen) atoms. The highest BCUT2D eigenvalue weighted by Crippen LogP contribution is 2.34. The summed E-state index contributed by atoms with van der Waals surface area (Å²) in [5, 5.41) is 0.942. The van der Waals surface area contributed by atoms with E-state index >= 15 is 0 Å². The SMILES string of the molecule is O=c1c2c3c(sc2ncn1C1CCCCC1)CCCC3. The summed E-state index contributed by atoms with van der Waals surface area (Å²) in [7, 11) is 0. The third-order valence-electron chi connectivity index (χ3n) is 4.87. The van der Waals surface area contributed by atoms with Crippen molar-refractivity contribution in [1.29, 1.82) is 0 Å². The Hall–Kier alpha value is -1.16. The van der Waals surface area contributed by atoms with E-state index in [1.807, 2.05) is 10.9 Å². The summed E-state index contributed by atoms with van der Waals surface area (Å²) in [5.74, 6) is 0. The Bertz CT molecular complexity index is 694. The topological polar surface area (TPSA) is 34.9 Å². The monoisotopic (exact) mass is 288 g/mol. The largest absolute Gasteiger partial charge is 0.296 e. The summed E-state index contributed by atoms with van der Waals surface area (Å²) in [6.45, 7) is 0. The van der Waals surface area contributed by atoms with Crippen molar-refractivity contribution < 1.29 is 0 Å². The number of hydrogen-bond donors (Lipinski definition) is 0. The molecule has 4 heteroatoms. The van der Waals surface area contributed by atoms with Crippen LogP contribution in [0.4, 0.5) is 0 Å². The maximum absolute atomic E-state index is 12.9. The van der Waals surface area contributed by atoms with Crippen molar-refractivity contribution >= 4 is 21.6 Å². The van der Waals surface area contributed by atoms with Gasteiger partial charge in [-0.2, -0.15) is 0 Å². The van der Waals surface area contributed by atoms with E-state index in [4.69, 9.17) is 0 Å². The smallest absolute Gasteiger partial charge is 0.262 e. The number of rotatable bonds is 1. The van der Waals surface area contributed by atoms with E-state index in [1.165, 1.54) is 42.5 Å². The Morgan fingerprint density at radius 1 is 1.10 bits per heavy atom. The van der Waals surface area contributed by atoms with Gasteiger partial charge in [-0.3, -0.25) is 9.36 Å². The van der Waals surface area contributed by atoms with Gasteiger partial charge in [0, 0.05) is 10.9 Å². The molecule has 0 atom stereocenters. The van der Waals surface area contributed by atoms with Crippen LogP contribution < -0.4 is 5.56 Å². The predicted molar refractivity (Wildman–Crippen MR) is 82.6 cm³/mol. The van der Waals surface area contributed by atoms with Crippen molar-refractivity contribution in [3.8, 4) is 0 Å². The molecule has 0 unspecified atom stereocenters. The molecule has 0 amide bonds. The van der Waals surface area contributed by atoms with E-state index in [0.717, 1.165) is 35.9 Å². The lowest BCUT2D eigenvalue weighted by molar-refractivity contribution is 0.345. The third kappa shape index (κ3) is 1.93. The van der Waals surface area contributed by atoms with Crippen molar-refractivity contribution in [2.75, 3.05) is 0 Å². The molecule has 0 saturated heterocycles. The molecule has 0 spiro atoms. The van der Waals surface area contributed by atoms with Gasteiger partial charge >= 0.3 is 0 Å². The Morgan fingerprint density at radius 3 is 2.75 bits per heavy atom. The highest BCUT2D eigenvalue weighted by atomic mass is 32.1. The molecule has 0 N–H and O–H groups in total. The zero-order chi connectivity index (χ0) is 13.5. The molecule has 2 aromatic heterocycles. The van der Waals surface area contributed by atoms with Gasteiger partial charge in [-0.1, -0.05) is 19.3 Å². The molecule has 4 rings (SSSR count). The van der Waals surface area contributed by atoms with Gasteiger partial charge in [0.15, 0.2) is 0 Å². The second-order valence-electron chi connectivity index (χ2n) is 6.14. The fourth-order valence-electron chi connectivity index (χ4n) is 3.78. The first-order valence-corrected chi connectivity index (χ1v) is 8.67. The van der Waals surface area contributed by atoms with Gasteiger partial charge < -0.3 is 0 Å². The van der Waals surface area contributed by atoms with Crippen LogP contribution in [0.3, 0.4) is 0 Å². The molecule has 3 nitrogen and oxygen atoms in total. The van der Waals surface area contributed by atoms with Gasteiger partial charge in [0.25, 0.3) is 5.56 Å². The molecular weight excluding hydrogens is 268 g/mol. The number of aromatic nitrogens is 2. The summed E-state index contributed by atoms with van der Waals surface area (Å²) >= 11 is 1.74. The fourth-order valence-corrected chi connectivity index (χ4v) is 5.00. The molecule has 1 fully saturated rings. The van der Waals surface area contributed by atoms with Crippen LogP contribution >= 0.6 is 11.3 Å². The second kappa shape index (κ2) is 4.99. The number of aryl methyl sites for hydroxylation is 2. The zero-order valence-corrected chi connectivity index (χ0v) is 12.5. The Balaban J connectivity index is 1.87. The quantitative estimate of drug-likeness (QED) is 0.799. The molecule has 106 valence electrons. The summed E-state index contributed by atoms with van der Waals surface area (Å²) in [5.41, 5.74) is 1.54. The van der Waals surface area contributed by atoms with Crippen molar-refractivity contribution in [2.24, 2.45) is 0 Å². The van der Waals surface area contributed by atoms with E-state index in [9.17, 15) is 4.79 Å². The van der Waals surface area contributed by atoms with Crippen LogP contribution in [0.15, 0.2) is 11.1 Å². The number of thiophene rings is 1. The molecule has 2 heterocycles. The van der Waals surface area contributed by atoms with Crippen molar-refractivity contribution in [3.05, 3.63) is 27.1 Å². The summed E-state index contributed by atoms with van der Waals surface area (Å²) in [6.07, 6.45) is 12.6. The highest BCUT2D eigenvalue weighted by molar-refractivity contribution is 7.18. The van der Waals surface area contributed by atoms with E-state index in [1.54, 1.807) is 11.3 Å². The van der Waals surface area contributed by atoms with E-state index < -0.39 is 0 Å². The molecule has 2 aliphatic carbocycles. The van der Waals surface area contributed by atoms with Crippen LogP contribution in [0.25, 0.3) is 10.2 Å². The lowest BCUT2D eigenvalue weighted by Gasteiger charge is -2.23. The van der Waals surface area contributed by atoms with Crippen molar-refractivity contribution in [1.82, 2.24) is 9.55 Å². The third-order valence-corrected chi connectivity index (χ3v) is 6.07. The average molecular weight is 288 g/mol. The Morgan fingerprint density at radius 2 is 1.90 bits per heavy atom. The van der Waals surface area contributed by atoms with Crippen LogP contribution in [-0.4, -0.2) is 9.55 Å². The standard InChI is InChI=1S/C16H20N2OS/c19-16-14-12-8-4-5-9-13(12)20-15(14)17-10-18(16)11-6-2-1-3-7-11/h10-11H,1-9H2. The molecule has 2 aromatic rings.